The van der Waals surface area contributed by atoms with E-state index in [2.05, 4.69) is 35.7 Å². The summed E-state index contributed by atoms with van der Waals surface area (Å²) in [6.07, 6.45) is 5.91. The maximum absolute atomic E-state index is 15.5. The Morgan fingerprint density at radius 2 is 1.72 bits per heavy atom. The van der Waals surface area contributed by atoms with Crippen molar-refractivity contribution in [3.8, 4) is 17.0 Å². The van der Waals surface area contributed by atoms with Crippen LogP contribution in [0.4, 0.5) is 27.4 Å². The molecule has 1 unspecified atom stereocenters. The molecule has 5 amide bonds. The zero-order valence-electron chi connectivity index (χ0n) is 35.2. The lowest BCUT2D eigenvalue weighted by Crippen LogP contribution is -2.55. The molecule has 1 atom stereocenters. The van der Waals surface area contributed by atoms with Gasteiger partial charge in [0.15, 0.2) is 5.82 Å². The van der Waals surface area contributed by atoms with E-state index in [4.69, 9.17) is 9.84 Å². The molecular formula is C46H46FN11O6. The number of piperidine rings is 2. The molecule has 6 aliphatic rings. The number of hydrogen-bond acceptors (Lipinski definition) is 13. The molecule has 17 nitrogen and oxygen atoms in total. The summed E-state index contributed by atoms with van der Waals surface area (Å²) in [4.78, 5) is 81.5. The Kier molecular flexibility index (Phi) is 9.77. The van der Waals surface area contributed by atoms with Gasteiger partial charge in [0.05, 0.1) is 16.8 Å². The Hall–Kier alpha value is -6.95. The van der Waals surface area contributed by atoms with Gasteiger partial charge in [0.1, 0.15) is 36.5 Å². The highest BCUT2D eigenvalue weighted by Gasteiger charge is 2.47. The average molecular weight is 868 g/mol. The summed E-state index contributed by atoms with van der Waals surface area (Å²) in [7, 11) is 0. The molecule has 6 aliphatic heterocycles. The van der Waals surface area contributed by atoms with Crippen molar-refractivity contribution in [2.75, 3.05) is 68.0 Å². The largest absolute Gasteiger partial charge is 0.474 e. The zero-order valence-corrected chi connectivity index (χ0v) is 35.2. The van der Waals surface area contributed by atoms with E-state index in [1.807, 2.05) is 36.1 Å². The first kappa shape index (κ1) is 39.9. The highest BCUT2D eigenvalue weighted by atomic mass is 19.1. The first-order chi connectivity index (χ1) is 31.1. The van der Waals surface area contributed by atoms with Crippen LogP contribution in [0.5, 0.6) is 5.88 Å². The number of ether oxygens (including phenoxy) is 1. The third-order valence-corrected chi connectivity index (χ3v) is 13.6. The van der Waals surface area contributed by atoms with Gasteiger partial charge >= 0.3 is 0 Å². The van der Waals surface area contributed by atoms with Crippen LogP contribution in [-0.4, -0.2) is 128 Å². The summed E-state index contributed by atoms with van der Waals surface area (Å²) in [5.41, 5.74) is 5.04. The number of aromatic nitrogens is 4. The summed E-state index contributed by atoms with van der Waals surface area (Å²) in [5.74, 6) is -0.287. The second-order valence-corrected chi connectivity index (χ2v) is 17.6. The lowest BCUT2D eigenvalue weighted by atomic mass is 9.94. The number of imide groups is 2. The second kappa shape index (κ2) is 15.7. The minimum Gasteiger partial charge on any atom is -0.474 e. The molecule has 18 heteroatoms. The molecule has 3 aromatic heterocycles. The van der Waals surface area contributed by atoms with Gasteiger partial charge in [0, 0.05) is 111 Å². The summed E-state index contributed by atoms with van der Waals surface area (Å²) >= 11 is 0. The standard InChI is InChI=1S/C46H46FN11O6/c1-25-33(20-50-44-42(25)48-10-14-64-44)32-15-27-17-37(49-19-28(27)16-34(32)47)51-38-18-30-9-13-56(40(60)24-57(30)53-38)29-7-11-54(12-8-29)21-26-22-55(23-26)35-4-2-3-31-41(35)46(63)58(45(31)62)36-5-6-39(59)52-43(36)61/h2-4,15-20,26,29,36,48H,5-14,21-24H2,1H3,(H,49,51,53)(H,52,59,61). The lowest BCUT2D eigenvalue weighted by molar-refractivity contribution is -0.136. The van der Waals surface area contributed by atoms with E-state index in [0.29, 0.717) is 82.9 Å². The maximum Gasteiger partial charge on any atom is 0.264 e. The number of carbonyl (C=O) groups is 5. The highest BCUT2D eigenvalue weighted by molar-refractivity contribution is 6.25. The molecule has 3 fully saturated rings. The number of nitrogens with one attached hydrogen (secondary N) is 3. The monoisotopic (exact) mass is 867 g/mol. The van der Waals surface area contributed by atoms with E-state index in [9.17, 15) is 24.0 Å². The quantitative estimate of drug-likeness (QED) is 0.191. The first-order valence-electron chi connectivity index (χ1n) is 22.0. The fourth-order valence-electron chi connectivity index (χ4n) is 10.3. The summed E-state index contributed by atoms with van der Waals surface area (Å²) in [6.45, 7) is 8.01. The van der Waals surface area contributed by atoms with Gasteiger partial charge in [-0.15, -0.1) is 0 Å². The van der Waals surface area contributed by atoms with Crippen LogP contribution in [-0.2, 0) is 27.3 Å². The van der Waals surface area contributed by atoms with Gasteiger partial charge in [0.25, 0.3) is 11.8 Å². The van der Waals surface area contributed by atoms with Crippen LogP contribution < -0.4 is 25.6 Å². The average Bonchev–Trinajstić information content (AvgIpc) is 3.72. The van der Waals surface area contributed by atoms with Gasteiger partial charge in [-0.2, -0.15) is 5.10 Å². The summed E-state index contributed by atoms with van der Waals surface area (Å²) in [6, 6.07) is 11.5. The van der Waals surface area contributed by atoms with E-state index >= 15 is 4.39 Å². The SMILES string of the molecule is Cc1c(-c2cc3cc(Nc4cc5n(n4)CC(=O)N(C4CCN(CC6CN(c7cccc8c7C(=O)N(C7CCC(=O)NC7=O)C8=O)C6)CC4)CC5)ncc3cc2F)cnc2c1NCCO2. The molecule has 0 bridgehead atoms. The molecule has 64 heavy (non-hydrogen) atoms. The first-order valence-corrected chi connectivity index (χ1v) is 22.0. The number of halogens is 1. The molecule has 0 aliphatic carbocycles. The molecule has 3 saturated heterocycles. The normalized spacial score (nSPS) is 20.6. The number of nitrogens with zero attached hydrogens (tertiary/aromatic N) is 8. The smallest absolute Gasteiger partial charge is 0.264 e. The molecule has 0 radical (unpaired) electrons. The number of pyridine rings is 2. The number of hydrogen-bond donors (Lipinski definition) is 3. The predicted octanol–water partition coefficient (Wildman–Crippen LogP) is 3.88. The third-order valence-electron chi connectivity index (χ3n) is 13.6. The maximum atomic E-state index is 15.5. The Bertz CT molecular complexity index is 2800. The van der Waals surface area contributed by atoms with Gasteiger partial charge in [-0.05, 0) is 67.5 Å². The van der Waals surface area contributed by atoms with Crippen molar-refractivity contribution in [3.05, 3.63) is 83.1 Å². The third kappa shape index (κ3) is 6.96. The van der Waals surface area contributed by atoms with Crippen LogP contribution in [0.15, 0.2) is 54.9 Å². The van der Waals surface area contributed by atoms with E-state index in [1.54, 1.807) is 29.2 Å². The summed E-state index contributed by atoms with van der Waals surface area (Å²) < 4.78 is 22.9. The van der Waals surface area contributed by atoms with Crippen LogP contribution in [0.1, 0.15) is 57.7 Å². The molecule has 328 valence electrons. The van der Waals surface area contributed by atoms with Crippen molar-refractivity contribution in [2.24, 2.45) is 5.92 Å². The van der Waals surface area contributed by atoms with Crippen LogP contribution in [0.25, 0.3) is 21.9 Å². The minimum absolute atomic E-state index is 0.0492. The van der Waals surface area contributed by atoms with Crippen molar-refractivity contribution >= 4 is 63.3 Å². The number of anilines is 4. The van der Waals surface area contributed by atoms with Crippen LogP contribution in [0.2, 0.25) is 0 Å². The number of likely N-dealkylation sites (tertiary alicyclic amines) is 1. The minimum atomic E-state index is -0.998. The van der Waals surface area contributed by atoms with Crippen molar-refractivity contribution in [1.29, 1.82) is 0 Å². The number of benzene rings is 2. The Morgan fingerprint density at radius 1 is 0.875 bits per heavy atom. The number of carbonyl (C=O) groups excluding carboxylic acids is 5. The second-order valence-electron chi connectivity index (χ2n) is 17.6. The van der Waals surface area contributed by atoms with Crippen LogP contribution in [0.3, 0.4) is 0 Å². The summed E-state index contributed by atoms with van der Waals surface area (Å²) in [5, 5.41) is 15.1. The van der Waals surface area contributed by atoms with Gasteiger partial charge in [-0.1, -0.05) is 6.07 Å². The molecule has 2 aromatic carbocycles. The molecule has 0 spiro atoms. The fourth-order valence-corrected chi connectivity index (χ4v) is 10.3. The van der Waals surface area contributed by atoms with Crippen LogP contribution in [0, 0.1) is 18.7 Å². The Balaban J connectivity index is 0.682. The number of rotatable bonds is 8. The Morgan fingerprint density at radius 3 is 2.55 bits per heavy atom. The van der Waals surface area contributed by atoms with Gasteiger partial charge in [0.2, 0.25) is 23.6 Å². The molecular weight excluding hydrogens is 822 g/mol. The zero-order chi connectivity index (χ0) is 43.8. The molecule has 5 aromatic rings. The topological polar surface area (TPSA) is 187 Å². The molecule has 9 heterocycles. The van der Waals surface area contributed by atoms with Gasteiger partial charge in [-0.25, -0.2) is 14.4 Å². The number of amides is 5. The fraction of sp³-hybridized carbons (Fsp3) is 0.391. The predicted molar refractivity (Wildman–Crippen MR) is 233 cm³/mol. The van der Waals surface area contributed by atoms with E-state index in [-0.39, 0.29) is 37.2 Å². The van der Waals surface area contributed by atoms with Crippen molar-refractivity contribution in [2.45, 2.75) is 57.7 Å². The van der Waals surface area contributed by atoms with Crippen molar-refractivity contribution < 1.29 is 33.1 Å². The van der Waals surface area contributed by atoms with Crippen molar-refractivity contribution in [1.82, 2.24) is 39.8 Å². The van der Waals surface area contributed by atoms with Crippen molar-refractivity contribution in [3.63, 3.8) is 0 Å². The van der Waals surface area contributed by atoms with Crippen LogP contribution >= 0.6 is 0 Å². The van der Waals surface area contributed by atoms with E-state index in [1.165, 1.54) is 6.07 Å². The van der Waals surface area contributed by atoms with Gasteiger partial charge < -0.3 is 30.1 Å². The molecule has 0 saturated carbocycles. The lowest BCUT2D eigenvalue weighted by Gasteiger charge is -2.45. The number of fused-ring (bicyclic) bond motifs is 4. The van der Waals surface area contributed by atoms with Gasteiger partial charge in [-0.3, -0.25) is 38.9 Å². The van der Waals surface area contributed by atoms with E-state index in [0.717, 1.165) is 72.8 Å². The Labute approximate surface area is 366 Å². The highest BCUT2D eigenvalue weighted by Crippen LogP contribution is 2.39. The van der Waals surface area contributed by atoms with E-state index < -0.39 is 29.7 Å². The molecule has 3 N–H and O–H groups in total. The molecule has 11 rings (SSSR count).